The maximum atomic E-state index is 10.8. The van der Waals surface area contributed by atoms with E-state index in [1.807, 2.05) is 20.9 Å². The topological polar surface area (TPSA) is 60.5 Å². The molecule has 1 saturated carbocycles. The smallest absolute Gasteiger partial charge is 0.213 e. The molecule has 1 aromatic rings. The zero-order valence-corrected chi connectivity index (χ0v) is 12.7. The van der Waals surface area contributed by atoms with Gasteiger partial charge in [0.1, 0.15) is 18.5 Å². The fourth-order valence-electron chi connectivity index (χ4n) is 1.78. The lowest BCUT2D eigenvalue weighted by atomic mass is 9.89. The van der Waals surface area contributed by atoms with Gasteiger partial charge in [-0.05, 0) is 32.9 Å². The molecule has 0 aliphatic heterocycles. The number of Topliss-reactive ketones (excluding diaryl/α,β-unsaturated/α-hetero) is 1. The predicted molar refractivity (Wildman–Crippen MR) is 80.4 cm³/mol. The number of ether oxygens (including phenoxy) is 2. The van der Waals surface area contributed by atoms with Crippen molar-refractivity contribution in [2.24, 2.45) is 0 Å². The third-order valence-electron chi connectivity index (χ3n) is 2.94. The van der Waals surface area contributed by atoms with E-state index in [-0.39, 0.29) is 19.9 Å². The van der Waals surface area contributed by atoms with Crippen LogP contribution in [0.15, 0.2) is 18.3 Å². The normalized spacial score (nSPS) is 20.2. The second-order valence-corrected chi connectivity index (χ2v) is 4.52. The number of rotatable bonds is 6. The van der Waals surface area contributed by atoms with Crippen molar-refractivity contribution in [3.63, 3.8) is 0 Å². The lowest BCUT2D eigenvalue weighted by Gasteiger charge is -2.34. The molecule has 1 N–H and O–H groups in total. The Kier molecular flexibility index (Phi) is 7.01. The van der Waals surface area contributed by atoms with Crippen LogP contribution >= 0.6 is 0 Å². The van der Waals surface area contributed by atoms with E-state index in [0.29, 0.717) is 17.7 Å². The second-order valence-electron chi connectivity index (χ2n) is 4.52. The van der Waals surface area contributed by atoms with Crippen LogP contribution in [-0.2, 0) is 4.79 Å². The van der Waals surface area contributed by atoms with E-state index in [0.717, 1.165) is 12.8 Å². The summed E-state index contributed by atoms with van der Waals surface area (Å²) in [4.78, 5) is 14.9. The molecule has 1 heterocycles. The van der Waals surface area contributed by atoms with E-state index >= 15 is 0 Å². The molecule has 20 heavy (non-hydrogen) atoms. The average molecular weight is 282 g/mol. The minimum absolute atomic E-state index is 0. The molecule has 1 fully saturated rings. The molecule has 1 aromatic heterocycles. The summed E-state index contributed by atoms with van der Waals surface area (Å²) in [6.07, 6.45) is 3.85. The number of hydrogen-bond acceptors (Lipinski definition) is 5. The van der Waals surface area contributed by atoms with Gasteiger partial charge in [0.2, 0.25) is 5.88 Å². The first-order valence-corrected chi connectivity index (χ1v) is 7.09. The van der Waals surface area contributed by atoms with Crippen molar-refractivity contribution in [3.8, 4) is 11.6 Å². The van der Waals surface area contributed by atoms with Gasteiger partial charge in [0.05, 0.1) is 6.20 Å². The van der Waals surface area contributed by atoms with Crippen LogP contribution in [0, 0.1) is 0 Å². The largest absolute Gasteiger partial charge is 0.484 e. The molecule has 2 rings (SSSR count). The molecule has 5 heteroatoms. The van der Waals surface area contributed by atoms with Crippen LogP contribution in [0.4, 0.5) is 0 Å². The van der Waals surface area contributed by atoms with Gasteiger partial charge in [-0.2, -0.15) is 0 Å². The first-order valence-electron chi connectivity index (χ1n) is 7.09. The summed E-state index contributed by atoms with van der Waals surface area (Å²) in [5.74, 6) is 1.17. The minimum atomic E-state index is -0.0112. The number of carbonyl (C=O) groups excluding carboxylic acids is 1. The second kappa shape index (κ2) is 8.53. The maximum Gasteiger partial charge on any atom is 0.213 e. The zero-order chi connectivity index (χ0) is 15.0. The lowest BCUT2D eigenvalue weighted by Crippen LogP contribution is -2.45. The summed E-state index contributed by atoms with van der Waals surface area (Å²) in [6.45, 7) is 5.56. The fraction of sp³-hybridized carbons (Fsp3) is 0.600. The molecule has 0 amide bonds. The van der Waals surface area contributed by atoms with Gasteiger partial charge in [0, 0.05) is 13.5 Å². The van der Waals surface area contributed by atoms with Crippen molar-refractivity contribution in [3.05, 3.63) is 18.3 Å². The van der Waals surface area contributed by atoms with Crippen molar-refractivity contribution >= 4 is 5.78 Å². The molecule has 5 nitrogen and oxygen atoms in total. The van der Waals surface area contributed by atoms with Crippen LogP contribution in [0.5, 0.6) is 11.6 Å². The standard InChI is InChI=1S/C13H18N2O3.C2H6.H2/c1-9(16)8-17-11-3-4-13(15-7-11)18-12-5-10(6-12)14-2;1-2;/h3-4,7,10,12,14H,5-6,8H2,1-2H3;1-2H3;1H. The Labute approximate surface area is 122 Å². The molecule has 0 saturated heterocycles. The number of nitrogens with one attached hydrogen (secondary N) is 1. The van der Waals surface area contributed by atoms with Crippen LogP contribution in [-0.4, -0.2) is 36.6 Å². The molecule has 0 radical (unpaired) electrons. The van der Waals surface area contributed by atoms with E-state index < -0.39 is 0 Å². The molecular formula is C15H26N2O3. The number of aromatic nitrogens is 1. The van der Waals surface area contributed by atoms with Crippen molar-refractivity contribution < 1.29 is 15.7 Å². The van der Waals surface area contributed by atoms with Gasteiger partial charge in [0.15, 0.2) is 5.78 Å². The highest BCUT2D eigenvalue weighted by atomic mass is 16.5. The number of nitrogens with zero attached hydrogens (tertiary/aromatic N) is 1. The molecule has 0 bridgehead atoms. The van der Waals surface area contributed by atoms with Gasteiger partial charge < -0.3 is 14.8 Å². The Hall–Kier alpha value is -1.62. The Balaban J connectivity index is 0.00000128. The molecule has 0 aromatic carbocycles. The van der Waals surface area contributed by atoms with E-state index in [1.165, 1.54) is 6.92 Å². The molecule has 1 aliphatic rings. The average Bonchev–Trinajstić information content (AvgIpc) is 2.43. The van der Waals surface area contributed by atoms with Crippen molar-refractivity contribution in [2.45, 2.75) is 45.8 Å². The Morgan fingerprint density at radius 3 is 2.65 bits per heavy atom. The predicted octanol–water partition coefficient (Wildman–Crippen LogP) is 2.45. The molecular weight excluding hydrogens is 256 g/mol. The van der Waals surface area contributed by atoms with Gasteiger partial charge in [-0.15, -0.1) is 0 Å². The van der Waals surface area contributed by atoms with E-state index in [1.54, 1.807) is 18.3 Å². The van der Waals surface area contributed by atoms with Crippen molar-refractivity contribution in [1.29, 1.82) is 0 Å². The van der Waals surface area contributed by atoms with Gasteiger partial charge >= 0.3 is 0 Å². The van der Waals surface area contributed by atoms with Crippen molar-refractivity contribution in [1.82, 2.24) is 10.3 Å². The SMILES string of the molecule is CC.CNC1CC(Oc2ccc(OCC(C)=O)cn2)C1.[HH]. The summed E-state index contributed by atoms with van der Waals surface area (Å²) in [5.41, 5.74) is 0. The first kappa shape index (κ1) is 16.4. The van der Waals surface area contributed by atoms with Crippen molar-refractivity contribution in [2.75, 3.05) is 13.7 Å². The molecule has 1 aliphatic carbocycles. The quantitative estimate of drug-likeness (QED) is 0.868. The molecule has 114 valence electrons. The van der Waals surface area contributed by atoms with Gasteiger partial charge in [0.25, 0.3) is 0 Å². The molecule has 0 atom stereocenters. The summed E-state index contributed by atoms with van der Waals surface area (Å²) in [7, 11) is 1.96. The molecule has 0 spiro atoms. The van der Waals surface area contributed by atoms with Gasteiger partial charge in [-0.3, -0.25) is 4.79 Å². The van der Waals surface area contributed by atoms with Crippen LogP contribution in [0.1, 0.15) is 35.0 Å². The minimum Gasteiger partial charge on any atom is -0.484 e. The Morgan fingerprint density at radius 1 is 1.45 bits per heavy atom. The van der Waals surface area contributed by atoms with Crippen LogP contribution in [0.2, 0.25) is 0 Å². The highest BCUT2D eigenvalue weighted by Gasteiger charge is 2.29. The maximum absolute atomic E-state index is 10.8. The zero-order valence-electron chi connectivity index (χ0n) is 12.7. The molecule has 0 unspecified atom stereocenters. The van der Waals surface area contributed by atoms with Crippen LogP contribution < -0.4 is 14.8 Å². The third-order valence-corrected chi connectivity index (χ3v) is 2.94. The highest BCUT2D eigenvalue weighted by Crippen LogP contribution is 2.25. The third kappa shape index (κ3) is 5.17. The summed E-state index contributed by atoms with van der Waals surface area (Å²) < 4.78 is 10.9. The van der Waals surface area contributed by atoms with Crippen LogP contribution in [0.3, 0.4) is 0 Å². The Morgan fingerprint density at radius 2 is 2.15 bits per heavy atom. The van der Waals surface area contributed by atoms with E-state index in [9.17, 15) is 4.79 Å². The fourth-order valence-corrected chi connectivity index (χ4v) is 1.78. The highest BCUT2D eigenvalue weighted by molar-refractivity contribution is 5.77. The monoisotopic (exact) mass is 282 g/mol. The summed E-state index contributed by atoms with van der Waals surface area (Å²) >= 11 is 0. The van der Waals surface area contributed by atoms with Gasteiger partial charge in [-0.25, -0.2) is 4.98 Å². The summed E-state index contributed by atoms with van der Waals surface area (Å²) in [6, 6.07) is 4.09. The van der Waals surface area contributed by atoms with Gasteiger partial charge in [-0.1, -0.05) is 13.8 Å². The summed E-state index contributed by atoms with van der Waals surface area (Å²) in [5, 5.41) is 3.20. The Bertz CT molecular complexity index is 406. The first-order chi connectivity index (χ1) is 9.67. The van der Waals surface area contributed by atoms with E-state index in [2.05, 4.69) is 10.3 Å². The number of hydrogen-bond donors (Lipinski definition) is 1. The number of pyridine rings is 1. The lowest BCUT2D eigenvalue weighted by molar-refractivity contribution is -0.118. The van der Waals surface area contributed by atoms with E-state index in [4.69, 9.17) is 9.47 Å². The number of carbonyl (C=O) groups is 1. The van der Waals surface area contributed by atoms with Crippen LogP contribution in [0.25, 0.3) is 0 Å². The number of ketones is 1.